The average molecular weight is 275 g/mol. The lowest BCUT2D eigenvalue weighted by atomic mass is 10.2. The highest BCUT2D eigenvalue weighted by atomic mass is 16.5. The van der Waals surface area contributed by atoms with Crippen molar-refractivity contribution in [2.24, 2.45) is 0 Å². The van der Waals surface area contributed by atoms with Gasteiger partial charge in [-0.2, -0.15) is 0 Å². The molecule has 0 aliphatic carbocycles. The summed E-state index contributed by atoms with van der Waals surface area (Å²) >= 11 is 0. The Morgan fingerprint density at radius 2 is 2.40 bits per heavy atom. The fourth-order valence-corrected chi connectivity index (χ4v) is 2.54. The average Bonchev–Trinajstić information content (AvgIpc) is 2.81. The first-order chi connectivity index (χ1) is 9.63. The van der Waals surface area contributed by atoms with E-state index in [4.69, 9.17) is 9.84 Å². The van der Waals surface area contributed by atoms with Crippen molar-refractivity contribution in [3.63, 3.8) is 0 Å². The molecule has 106 valence electrons. The van der Waals surface area contributed by atoms with Crippen LogP contribution in [0.3, 0.4) is 0 Å². The highest BCUT2D eigenvalue weighted by molar-refractivity contribution is 5.92. The van der Waals surface area contributed by atoms with E-state index in [2.05, 4.69) is 16.9 Å². The number of morpholine rings is 1. The molecule has 1 unspecified atom stereocenters. The molecule has 2 aromatic rings. The van der Waals surface area contributed by atoms with Crippen LogP contribution in [0, 0.1) is 0 Å². The lowest BCUT2D eigenvalue weighted by Crippen LogP contribution is -2.41. The predicted octanol–water partition coefficient (Wildman–Crippen LogP) is 1.07. The molecule has 0 amide bonds. The van der Waals surface area contributed by atoms with E-state index in [-0.39, 0.29) is 11.7 Å². The van der Waals surface area contributed by atoms with Gasteiger partial charge < -0.3 is 19.3 Å². The summed E-state index contributed by atoms with van der Waals surface area (Å²) in [5.74, 6) is -0.932. The Hall–Kier alpha value is -1.92. The number of ether oxygens (including phenoxy) is 1. The molecule has 3 rings (SSSR count). The molecule has 0 spiro atoms. The van der Waals surface area contributed by atoms with Gasteiger partial charge in [0.1, 0.15) is 0 Å². The highest BCUT2D eigenvalue weighted by Crippen LogP contribution is 2.17. The summed E-state index contributed by atoms with van der Waals surface area (Å²) in [6.45, 7) is 3.33. The van der Waals surface area contributed by atoms with Gasteiger partial charge in [0, 0.05) is 13.1 Å². The third kappa shape index (κ3) is 2.52. The number of aromatic nitrogens is 2. The van der Waals surface area contributed by atoms with Crippen molar-refractivity contribution >= 4 is 17.0 Å². The molecule has 1 aromatic heterocycles. The monoisotopic (exact) mass is 275 g/mol. The first-order valence-corrected chi connectivity index (χ1v) is 6.62. The van der Waals surface area contributed by atoms with Crippen LogP contribution in [0.2, 0.25) is 0 Å². The molecule has 0 bridgehead atoms. The molecule has 1 aliphatic rings. The van der Waals surface area contributed by atoms with E-state index in [9.17, 15) is 4.79 Å². The molecule has 1 N–H and O–H groups in total. The van der Waals surface area contributed by atoms with Crippen LogP contribution in [0.5, 0.6) is 0 Å². The number of carbonyl (C=O) groups is 1. The molecule has 0 radical (unpaired) electrons. The Labute approximate surface area is 116 Å². The molecule has 1 atom stereocenters. The normalized spacial score (nSPS) is 20.4. The second kappa shape index (κ2) is 5.22. The van der Waals surface area contributed by atoms with Gasteiger partial charge >= 0.3 is 5.97 Å². The first kappa shape index (κ1) is 13.1. The number of aromatic carboxylic acids is 1. The molecule has 1 aliphatic heterocycles. The summed E-state index contributed by atoms with van der Waals surface area (Å²) in [6.07, 6.45) is 1.89. The van der Waals surface area contributed by atoms with E-state index in [0.717, 1.165) is 31.8 Å². The smallest absolute Gasteiger partial charge is 0.335 e. The maximum Gasteiger partial charge on any atom is 0.335 e. The fraction of sp³-hybridized carbons (Fsp3) is 0.429. The molecule has 20 heavy (non-hydrogen) atoms. The Balaban J connectivity index is 1.83. The number of carboxylic acids is 1. The largest absolute Gasteiger partial charge is 0.478 e. The maximum atomic E-state index is 10.9. The second-order valence-electron chi connectivity index (χ2n) is 5.16. The maximum absolute atomic E-state index is 10.9. The second-order valence-corrected chi connectivity index (χ2v) is 5.16. The van der Waals surface area contributed by atoms with Gasteiger partial charge in [-0.3, -0.25) is 0 Å². The number of benzene rings is 1. The van der Waals surface area contributed by atoms with Gasteiger partial charge in [0.2, 0.25) is 0 Å². The Morgan fingerprint density at radius 1 is 1.55 bits per heavy atom. The van der Waals surface area contributed by atoms with Crippen LogP contribution in [0.25, 0.3) is 11.0 Å². The van der Waals surface area contributed by atoms with Crippen molar-refractivity contribution in [2.45, 2.75) is 12.6 Å². The molecule has 1 aromatic carbocycles. The highest BCUT2D eigenvalue weighted by Gasteiger charge is 2.19. The number of hydrogen-bond donors (Lipinski definition) is 1. The van der Waals surface area contributed by atoms with E-state index in [1.165, 1.54) is 0 Å². The zero-order chi connectivity index (χ0) is 14.1. The zero-order valence-corrected chi connectivity index (χ0v) is 11.3. The molecular formula is C14H17N3O3. The van der Waals surface area contributed by atoms with E-state index >= 15 is 0 Å². The minimum Gasteiger partial charge on any atom is -0.478 e. The van der Waals surface area contributed by atoms with Crippen LogP contribution < -0.4 is 0 Å². The number of fused-ring (bicyclic) bond motifs is 1. The Morgan fingerprint density at radius 3 is 3.15 bits per heavy atom. The van der Waals surface area contributed by atoms with Crippen molar-refractivity contribution in [3.05, 3.63) is 30.1 Å². The number of hydrogen-bond acceptors (Lipinski definition) is 4. The van der Waals surface area contributed by atoms with Crippen molar-refractivity contribution in [2.75, 3.05) is 26.7 Å². The van der Waals surface area contributed by atoms with Crippen molar-refractivity contribution in [1.29, 1.82) is 0 Å². The molecule has 0 saturated carbocycles. The van der Waals surface area contributed by atoms with Gasteiger partial charge in [0.15, 0.2) is 0 Å². The van der Waals surface area contributed by atoms with Crippen LogP contribution >= 0.6 is 0 Å². The molecule has 6 nitrogen and oxygen atoms in total. The van der Waals surface area contributed by atoms with E-state index in [0.29, 0.717) is 5.52 Å². The number of carboxylic acid groups (broad SMARTS) is 1. The summed E-state index contributed by atoms with van der Waals surface area (Å²) in [5, 5.41) is 8.98. The zero-order valence-electron chi connectivity index (χ0n) is 11.3. The van der Waals surface area contributed by atoms with Crippen LogP contribution in [-0.2, 0) is 11.3 Å². The summed E-state index contributed by atoms with van der Waals surface area (Å²) in [6, 6.07) is 5.01. The van der Waals surface area contributed by atoms with Gasteiger partial charge in [-0.05, 0) is 25.2 Å². The minimum atomic E-state index is -0.932. The van der Waals surface area contributed by atoms with Gasteiger partial charge in [-0.25, -0.2) is 9.78 Å². The Bertz CT molecular complexity index is 638. The molecular weight excluding hydrogens is 258 g/mol. The predicted molar refractivity (Wildman–Crippen MR) is 73.9 cm³/mol. The lowest BCUT2D eigenvalue weighted by molar-refractivity contribution is -0.0269. The fourth-order valence-electron chi connectivity index (χ4n) is 2.54. The van der Waals surface area contributed by atoms with Gasteiger partial charge in [0.05, 0.1) is 42.2 Å². The topological polar surface area (TPSA) is 67.6 Å². The number of likely N-dealkylation sites (N-methyl/N-ethyl adjacent to an activating group) is 1. The van der Waals surface area contributed by atoms with Crippen LogP contribution in [-0.4, -0.2) is 58.4 Å². The molecule has 1 saturated heterocycles. The first-order valence-electron chi connectivity index (χ1n) is 6.62. The molecule has 2 heterocycles. The number of nitrogens with zero attached hydrogens (tertiary/aromatic N) is 3. The van der Waals surface area contributed by atoms with E-state index in [1.807, 2.05) is 4.57 Å². The summed E-state index contributed by atoms with van der Waals surface area (Å²) in [4.78, 5) is 17.5. The van der Waals surface area contributed by atoms with E-state index in [1.54, 1.807) is 24.5 Å². The van der Waals surface area contributed by atoms with Gasteiger partial charge in [0.25, 0.3) is 0 Å². The third-order valence-electron chi connectivity index (χ3n) is 3.61. The van der Waals surface area contributed by atoms with Gasteiger partial charge in [-0.15, -0.1) is 0 Å². The quantitative estimate of drug-likeness (QED) is 0.907. The van der Waals surface area contributed by atoms with Gasteiger partial charge in [-0.1, -0.05) is 0 Å². The lowest BCUT2D eigenvalue weighted by Gasteiger charge is -2.30. The number of imidazole rings is 1. The molecule has 6 heteroatoms. The summed E-state index contributed by atoms with van der Waals surface area (Å²) in [5.41, 5.74) is 1.90. The summed E-state index contributed by atoms with van der Waals surface area (Å²) in [7, 11) is 2.08. The van der Waals surface area contributed by atoms with Crippen LogP contribution in [0.15, 0.2) is 24.5 Å². The van der Waals surface area contributed by atoms with Crippen molar-refractivity contribution < 1.29 is 14.6 Å². The van der Waals surface area contributed by atoms with E-state index < -0.39 is 5.97 Å². The van der Waals surface area contributed by atoms with Crippen molar-refractivity contribution in [3.8, 4) is 0 Å². The standard InChI is InChI=1S/C14H17N3O3/c1-16-4-5-20-11(7-16)8-17-9-15-12-6-10(14(18)19)2-3-13(12)17/h2-3,6,9,11H,4-5,7-8H2,1H3,(H,18,19). The SMILES string of the molecule is CN1CCOC(Cn2cnc3cc(C(=O)O)ccc32)C1. The number of rotatable bonds is 3. The Kier molecular flexibility index (Phi) is 3.42. The minimum absolute atomic E-state index is 0.144. The van der Waals surface area contributed by atoms with Crippen LogP contribution in [0.4, 0.5) is 0 Å². The molecule has 1 fully saturated rings. The van der Waals surface area contributed by atoms with Crippen molar-refractivity contribution in [1.82, 2.24) is 14.5 Å². The summed E-state index contributed by atoms with van der Waals surface area (Å²) < 4.78 is 7.77. The third-order valence-corrected chi connectivity index (χ3v) is 3.61. The van der Waals surface area contributed by atoms with Crippen LogP contribution in [0.1, 0.15) is 10.4 Å².